The van der Waals surface area contributed by atoms with Crippen LogP contribution < -0.4 is 0 Å². The summed E-state index contributed by atoms with van der Waals surface area (Å²) in [5.74, 6) is -0.903. The van der Waals surface area contributed by atoms with Crippen LogP contribution in [0.1, 0.15) is 50.3 Å². The Hall–Kier alpha value is -1.44. The van der Waals surface area contributed by atoms with Crippen LogP contribution in [0.25, 0.3) is 0 Å². The zero-order chi connectivity index (χ0) is 17.4. The van der Waals surface area contributed by atoms with Crippen molar-refractivity contribution in [2.75, 3.05) is 20.3 Å². The number of likely N-dealkylation sites (tertiary alicyclic amines) is 1. The molecule has 7 heteroatoms. The van der Waals surface area contributed by atoms with Crippen LogP contribution in [-0.4, -0.2) is 63.5 Å². The van der Waals surface area contributed by atoms with E-state index in [2.05, 4.69) is 14.5 Å². The van der Waals surface area contributed by atoms with E-state index in [9.17, 15) is 4.79 Å². The van der Waals surface area contributed by atoms with Crippen LogP contribution in [0, 0.1) is 0 Å². The number of hydrogen-bond donors (Lipinski definition) is 1. The minimum atomic E-state index is -0.903. The molecular weight excluding hydrogens is 322 g/mol. The Morgan fingerprint density at radius 3 is 2.96 bits per heavy atom. The Labute approximate surface area is 147 Å². The van der Waals surface area contributed by atoms with E-state index < -0.39 is 5.97 Å². The second kappa shape index (κ2) is 6.70. The Bertz CT molecular complexity index is 630. The average Bonchev–Trinajstić information content (AvgIpc) is 3.25. The summed E-state index contributed by atoms with van der Waals surface area (Å²) in [5, 5.41) is 8.87. The minimum absolute atomic E-state index is 0.00156. The number of carboxylic acid groups (broad SMARTS) is 1. The highest BCUT2D eigenvalue weighted by molar-refractivity contribution is 5.68. The van der Waals surface area contributed by atoms with Gasteiger partial charge in [-0.3, -0.25) is 4.90 Å². The van der Waals surface area contributed by atoms with Crippen molar-refractivity contribution < 1.29 is 19.4 Å². The van der Waals surface area contributed by atoms with Gasteiger partial charge in [0.05, 0.1) is 23.7 Å². The fourth-order valence-corrected chi connectivity index (χ4v) is 4.63. The number of ether oxygens (including phenoxy) is 2. The Morgan fingerprint density at radius 1 is 1.40 bits per heavy atom. The molecule has 1 saturated heterocycles. The van der Waals surface area contributed by atoms with Gasteiger partial charge >= 0.3 is 5.97 Å². The molecule has 7 nitrogen and oxygen atoms in total. The van der Waals surface area contributed by atoms with Crippen molar-refractivity contribution in [1.82, 2.24) is 14.5 Å². The molecular formula is C18H27N3O4. The average molecular weight is 349 g/mol. The third-order valence-electron chi connectivity index (χ3n) is 6.15. The van der Waals surface area contributed by atoms with E-state index in [-0.39, 0.29) is 24.4 Å². The highest BCUT2D eigenvalue weighted by atomic mass is 16.5. The van der Waals surface area contributed by atoms with Crippen molar-refractivity contribution in [3.63, 3.8) is 0 Å². The number of fused-ring (bicyclic) bond motifs is 1. The van der Waals surface area contributed by atoms with E-state index in [1.165, 1.54) is 18.5 Å². The molecule has 3 fully saturated rings. The van der Waals surface area contributed by atoms with Gasteiger partial charge < -0.3 is 19.1 Å². The van der Waals surface area contributed by atoms with Gasteiger partial charge in [-0.15, -0.1) is 0 Å². The van der Waals surface area contributed by atoms with Gasteiger partial charge in [0, 0.05) is 38.5 Å². The number of carbonyl (C=O) groups is 1. The lowest BCUT2D eigenvalue weighted by Gasteiger charge is -2.43. The first-order valence-electron chi connectivity index (χ1n) is 9.24. The number of hydrogen-bond acceptors (Lipinski definition) is 5. The first-order valence-corrected chi connectivity index (χ1v) is 9.24. The lowest BCUT2D eigenvalue weighted by Crippen LogP contribution is -2.51. The SMILES string of the molecule is CO[C@@]12CC[C@H](OCC(=O)O)C[C@@H]1N(Cc1cncn1C1CC1)CC2. The number of nitrogens with zero attached hydrogens (tertiary/aromatic N) is 3. The van der Waals surface area contributed by atoms with E-state index in [1.54, 1.807) is 0 Å². The van der Waals surface area contributed by atoms with Crippen LogP contribution in [0.5, 0.6) is 0 Å². The van der Waals surface area contributed by atoms with E-state index >= 15 is 0 Å². The maximum atomic E-state index is 10.8. The molecule has 2 saturated carbocycles. The second-order valence-electron chi connectivity index (χ2n) is 7.63. The van der Waals surface area contributed by atoms with Crippen LogP contribution in [0.2, 0.25) is 0 Å². The lowest BCUT2D eigenvalue weighted by molar-refractivity contribution is -0.148. The van der Waals surface area contributed by atoms with E-state index in [0.717, 1.165) is 38.8 Å². The summed E-state index contributed by atoms with van der Waals surface area (Å²) in [4.78, 5) is 17.6. The number of methoxy groups -OCH3 is 1. The molecule has 0 aromatic carbocycles. The summed E-state index contributed by atoms with van der Waals surface area (Å²) in [7, 11) is 1.81. The van der Waals surface area contributed by atoms with Gasteiger partial charge in [0.15, 0.2) is 0 Å². The second-order valence-corrected chi connectivity index (χ2v) is 7.63. The number of carboxylic acids is 1. The summed E-state index contributed by atoms with van der Waals surface area (Å²) < 4.78 is 13.9. The van der Waals surface area contributed by atoms with E-state index in [4.69, 9.17) is 14.6 Å². The van der Waals surface area contributed by atoms with E-state index in [0.29, 0.717) is 6.04 Å². The monoisotopic (exact) mass is 349 g/mol. The molecule has 0 spiro atoms. The van der Waals surface area contributed by atoms with Gasteiger partial charge in [-0.1, -0.05) is 0 Å². The van der Waals surface area contributed by atoms with Crippen molar-refractivity contribution in [3.05, 3.63) is 18.2 Å². The zero-order valence-corrected chi connectivity index (χ0v) is 14.8. The van der Waals surface area contributed by atoms with Crippen molar-refractivity contribution in [3.8, 4) is 0 Å². The molecule has 0 radical (unpaired) electrons. The lowest BCUT2D eigenvalue weighted by atomic mass is 9.79. The van der Waals surface area contributed by atoms with Gasteiger partial charge in [-0.2, -0.15) is 0 Å². The molecule has 1 aliphatic heterocycles. The summed E-state index contributed by atoms with van der Waals surface area (Å²) in [6, 6.07) is 0.901. The molecule has 3 atom stereocenters. The molecule has 0 unspecified atom stereocenters. The van der Waals surface area contributed by atoms with Gasteiger partial charge in [-0.25, -0.2) is 9.78 Å². The molecule has 1 aromatic heterocycles. The molecule has 1 N–H and O–H groups in total. The number of rotatable bonds is 7. The van der Waals surface area contributed by atoms with Gasteiger partial charge in [0.25, 0.3) is 0 Å². The van der Waals surface area contributed by atoms with Crippen LogP contribution in [-0.2, 0) is 20.8 Å². The molecule has 3 aliphatic rings. The smallest absolute Gasteiger partial charge is 0.329 e. The van der Waals surface area contributed by atoms with Gasteiger partial charge in [0.1, 0.15) is 6.61 Å². The van der Waals surface area contributed by atoms with Crippen molar-refractivity contribution >= 4 is 5.97 Å². The molecule has 0 amide bonds. The number of aromatic nitrogens is 2. The Balaban J connectivity index is 1.46. The molecule has 25 heavy (non-hydrogen) atoms. The van der Waals surface area contributed by atoms with Gasteiger partial charge in [0.2, 0.25) is 0 Å². The van der Waals surface area contributed by atoms with Crippen molar-refractivity contribution in [2.45, 2.75) is 68.9 Å². The van der Waals surface area contributed by atoms with Crippen LogP contribution in [0.15, 0.2) is 12.5 Å². The maximum Gasteiger partial charge on any atom is 0.329 e. The molecule has 2 heterocycles. The topological polar surface area (TPSA) is 76.8 Å². The largest absolute Gasteiger partial charge is 0.480 e. The predicted molar refractivity (Wildman–Crippen MR) is 90.3 cm³/mol. The summed E-state index contributed by atoms with van der Waals surface area (Å²) in [5.41, 5.74) is 1.15. The third kappa shape index (κ3) is 3.32. The summed E-state index contributed by atoms with van der Waals surface area (Å²) >= 11 is 0. The standard InChI is InChI=1S/C18H27N3O4/c1-24-18-5-4-15(25-11-17(22)23)8-16(18)20(7-6-18)10-14-9-19-12-21(14)13-2-3-13/h9,12-13,15-16H,2-8,10-11H2,1H3,(H,22,23)/t15-,16-,18+/m0/s1. The number of aliphatic carboxylic acids is 1. The minimum Gasteiger partial charge on any atom is -0.480 e. The number of imidazole rings is 1. The highest BCUT2D eigenvalue weighted by Crippen LogP contribution is 2.44. The molecule has 138 valence electrons. The Morgan fingerprint density at radius 2 is 2.24 bits per heavy atom. The molecule has 1 aromatic rings. The fourth-order valence-electron chi connectivity index (χ4n) is 4.63. The summed E-state index contributed by atoms with van der Waals surface area (Å²) in [6.07, 6.45) is 10.1. The Kier molecular flexibility index (Phi) is 4.56. The van der Waals surface area contributed by atoms with Crippen molar-refractivity contribution in [2.24, 2.45) is 0 Å². The van der Waals surface area contributed by atoms with Crippen molar-refractivity contribution in [1.29, 1.82) is 0 Å². The van der Waals surface area contributed by atoms with Crippen LogP contribution in [0.4, 0.5) is 0 Å². The predicted octanol–water partition coefficient (Wildman–Crippen LogP) is 1.83. The van der Waals surface area contributed by atoms with Gasteiger partial charge in [-0.05, 0) is 38.5 Å². The molecule has 4 rings (SSSR count). The fraction of sp³-hybridized carbons (Fsp3) is 0.778. The normalized spacial score (nSPS) is 32.7. The van der Waals surface area contributed by atoms with E-state index in [1.807, 2.05) is 19.6 Å². The molecule has 2 aliphatic carbocycles. The third-order valence-corrected chi connectivity index (χ3v) is 6.15. The first kappa shape index (κ1) is 17.0. The van der Waals surface area contributed by atoms with Crippen LogP contribution in [0.3, 0.4) is 0 Å². The highest BCUT2D eigenvalue weighted by Gasteiger charge is 2.51. The van der Waals surface area contributed by atoms with Crippen LogP contribution >= 0.6 is 0 Å². The quantitative estimate of drug-likeness (QED) is 0.809. The molecule has 0 bridgehead atoms. The zero-order valence-electron chi connectivity index (χ0n) is 14.8. The maximum absolute atomic E-state index is 10.8. The first-order chi connectivity index (χ1) is 12.1. The summed E-state index contributed by atoms with van der Waals surface area (Å²) in [6.45, 7) is 1.66.